The second-order valence-electron chi connectivity index (χ2n) is 8.01. The summed E-state index contributed by atoms with van der Waals surface area (Å²) in [5.74, 6) is 0.472. The lowest BCUT2D eigenvalue weighted by molar-refractivity contribution is 0.0698. The second-order valence-corrected chi connectivity index (χ2v) is 8.01. The fourth-order valence-electron chi connectivity index (χ4n) is 4.04. The molecule has 1 aromatic carbocycles. The van der Waals surface area contributed by atoms with E-state index in [1.807, 2.05) is 42.3 Å². The molecular formula is C24H22FN5O. The fraction of sp³-hybridized carbons (Fsp3) is 0.250. The van der Waals surface area contributed by atoms with Gasteiger partial charge in [-0.1, -0.05) is 18.2 Å². The molecule has 156 valence electrons. The Morgan fingerprint density at radius 1 is 1.13 bits per heavy atom. The number of carbonyl (C=O) groups is 1. The van der Waals surface area contributed by atoms with Crippen LogP contribution < -0.4 is 0 Å². The summed E-state index contributed by atoms with van der Waals surface area (Å²) in [6, 6.07) is 14.0. The highest BCUT2D eigenvalue weighted by Gasteiger charge is 2.28. The molecule has 6 nitrogen and oxygen atoms in total. The van der Waals surface area contributed by atoms with Gasteiger partial charge in [0, 0.05) is 37.0 Å². The Hall–Kier alpha value is -3.61. The van der Waals surface area contributed by atoms with Crippen molar-refractivity contribution in [3.05, 3.63) is 83.8 Å². The van der Waals surface area contributed by atoms with E-state index in [2.05, 4.69) is 10.1 Å². The third-order valence-electron chi connectivity index (χ3n) is 5.71. The quantitative estimate of drug-likeness (QED) is 0.502. The van der Waals surface area contributed by atoms with Crippen molar-refractivity contribution in [2.24, 2.45) is 0 Å². The molecule has 0 aliphatic carbocycles. The molecule has 0 spiro atoms. The average Bonchev–Trinajstić information content (AvgIpc) is 3.23. The standard InChI is InChI=1S/C24H22FN5O/c1-16-7-9-21(26-13-16)24(31)29-11-3-5-19(14-29)23-27-22-10-8-18(15-30(22)28-23)17-4-2-6-20(25)12-17/h2,4,6-10,12-13,15,19H,3,5,11,14H2,1H3/t19-/m0/s1. The number of pyridine rings is 2. The summed E-state index contributed by atoms with van der Waals surface area (Å²) in [6.45, 7) is 3.23. The summed E-state index contributed by atoms with van der Waals surface area (Å²) >= 11 is 0. The van der Waals surface area contributed by atoms with Crippen LogP contribution in [0.25, 0.3) is 16.8 Å². The molecule has 31 heavy (non-hydrogen) atoms. The first-order valence-electron chi connectivity index (χ1n) is 10.4. The Balaban J connectivity index is 1.38. The summed E-state index contributed by atoms with van der Waals surface area (Å²) in [7, 11) is 0. The van der Waals surface area contributed by atoms with Gasteiger partial charge in [0.05, 0.1) is 0 Å². The first kappa shape index (κ1) is 19.4. The van der Waals surface area contributed by atoms with Gasteiger partial charge in [0.25, 0.3) is 5.91 Å². The number of piperidine rings is 1. The minimum Gasteiger partial charge on any atom is -0.337 e. The summed E-state index contributed by atoms with van der Waals surface area (Å²) in [4.78, 5) is 23.7. The molecule has 1 aliphatic heterocycles. The van der Waals surface area contributed by atoms with E-state index < -0.39 is 0 Å². The van der Waals surface area contributed by atoms with E-state index in [1.54, 1.807) is 22.8 Å². The number of nitrogens with zero attached hydrogens (tertiary/aromatic N) is 5. The summed E-state index contributed by atoms with van der Waals surface area (Å²) < 4.78 is 15.3. The Labute approximate surface area is 179 Å². The van der Waals surface area contributed by atoms with Crippen LogP contribution in [0.5, 0.6) is 0 Å². The molecular weight excluding hydrogens is 393 g/mol. The van der Waals surface area contributed by atoms with Gasteiger partial charge in [0.15, 0.2) is 11.5 Å². The Morgan fingerprint density at radius 3 is 2.84 bits per heavy atom. The van der Waals surface area contributed by atoms with Gasteiger partial charge in [-0.15, -0.1) is 0 Å². The van der Waals surface area contributed by atoms with Gasteiger partial charge in [-0.3, -0.25) is 9.78 Å². The number of amides is 1. The van der Waals surface area contributed by atoms with Crippen molar-refractivity contribution in [1.29, 1.82) is 0 Å². The fourth-order valence-corrected chi connectivity index (χ4v) is 4.04. The highest BCUT2D eigenvalue weighted by molar-refractivity contribution is 5.92. The van der Waals surface area contributed by atoms with E-state index in [4.69, 9.17) is 4.98 Å². The van der Waals surface area contributed by atoms with Crippen LogP contribution in [-0.4, -0.2) is 43.5 Å². The number of hydrogen-bond acceptors (Lipinski definition) is 4. The zero-order valence-electron chi connectivity index (χ0n) is 17.2. The lowest BCUT2D eigenvalue weighted by atomic mass is 9.97. The third-order valence-corrected chi connectivity index (χ3v) is 5.71. The van der Waals surface area contributed by atoms with E-state index in [9.17, 15) is 9.18 Å². The molecule has 1 aliphatic rings. The van der Waals surface area contributed by atoms with Crippen LogP contribution in [0.4, 0.5) is 4.39 Å². The van der Waals surface area contributed by atoms with E-state index in [-0.39, 0.29) is 17.6 Å². The van der Waals surface area contributed by atoms with Crippen LogP contribution in [-0.2, 0) is 0 Å². The summed E-state index contributed by atoms with van der Waals surface area (Å²) in [6.07, 6.45) is 5.40. The molecule has 4 heterocycles. The van der Waals surface area contributed by atoms with Gasteiger partial charge in [0.2, 0.25) is 0 Å². The van der Waals surface area contributed by atoms with E-state index in [1.165, 1.54) is 12.1 Å². The van der Waals surface area contributed by atoms with E-state index >= 15 is 0 Å². The van der Waals surface area contributed by atoms with Crippen molar-refractivity contribution >= 4 is 11.6 Å². The Morgan fingerprint density at radius 2 is 2.03 bits per heavy atom. The van der Waals surface area contributed by atoms with Crippen LogP contribution in [0, 0.1) is 12.7 Å². The van der Waals surface area contributed by atoms with Crippen LogP contribution in [0.1, 0.15) is 40.6 Å². The van der Waals surface area contributed by atoms with Gasteiger partial charge in [-0.05, 0) is 61.2 Å². The van der Waals surface area contributed by atoms with Gasteiger partial charge in [-0.2, -0.15) is 5.10 Å². The monoisotopic (exact) mass is 415 g/mol. The van der Waals surface area contributed by atoms with Crippen molar-refractivity contribution in [1.82, 2.24) is 24.5 Å². The molecule has 0 unspecified atom stereocenters. The zero-order valence-corrected chi connectivity index (χ0v) is 17.2. The number of carbonyl (C=O) groups excluding carboxylic acids is 1. The smallest absolute Gasteiger partial charge is 0.272 e. The molecule has 1 amide bonds. The van der Waals surface area contributed by atoms with E-state index in [0.717, 1.165) is 41.0 Å². The van der Waals surface area contributed by atoms with Crippen molar-refractivity contribution in [3.8, 4) is 11.1 Å². The number of likely N-dealkylation sites (tertiary alicyclic amines) is 1. The lowest BCUT2D eigenvalue weighted by Gasteiger charge is -2.31. The highest BCUT2D eigenvalue weighted by Crippen LogP contribution is 2.27. The van der Waals surface area contributed by atoms with Crippen LogP contribution in [0.3, 0.4) is 0 Å². The molecule has 1 saturated heterocycles. The molecule has 4 aromatic rings. The first-order chi connectivity index (χ1) is 15.1. The number of fused-ring (bicyclic) bond motifs is 1. The topological polar surface area (TPSA) is 63.4 Å². The minimum absolute atomic E-state index is 0.0538. The van der Waals surface area contributed by atoms with Crippen LogP contribution in [0.2, 0.25) is 0 Å². The number of rotatable bonds is 3. The van der Waals surface area contributed by atoms with Crippen LogP contribution >= 0.6 is 0 Å². The number of benzene rings is 1. The first-order valence-corrected chi connectivity index (χ1v) is 10.4. The van der Waals surface area contributed by atoms with Gasteiger partial charge in [0.1, 0.15) is 11.5 Å². The molecule has 0 saturated carbocycles. The van der Waals surface area contributed by atoms with Crippen molar-refractivity contribution < 1.29 is 9.18 Å². The molecule has 1 atom stereocenters. The van der Waals surface area contributed by atoms with Crippen LogP contribution in [0.15, 0.2) is 60.9 Å². The molecule has 0 N–H and O–H groups in total. The summed E-state index contributed by atoms with van der Waals surface area (Å²) in [5, 5.41) is 4.68. The maximum atomic E-state index is 13.6. The van der Waals surface area contributed by atoms with Crippen molar-refractivity contribution in [3.63, 3.8) is 0 Å². The number of hydrogen-bond donors (Lipinski definition) is 0. The largest absolute Gasteiger partial charge is 0.337 e. The molecule has 3 aromatic heterocycles. The predicted molar refractivity (Wildman–Crippen MR) is 115 cm³/mol. The maximum absolute atomic E-state index is 13.6. The van der Waals surface area contributed by atoms with E-state index in [0.29, 0.717) is 18.8 Å². The van der Waals surface area contributed by atoms with Gasteiger partial charge < -0.3 is 4.90 Å². The molecule has 0 bridgehead atoms. The maximum Gasteiger partial charge on any atom is 0.272 e. The third kappa shape index (κ3) is 3.91. The van der Waals surface area contributed by atoms with Gasteiger partial charge in [-0.25, -0.2) is 13.9 Å². The zero-order chi connectivity index (χ0) is 21.4. The van der Waals surface area contributed by atoms with Crippen molar-refractivity contribution in [2.75, 3.05) is 13.1 Å². The Bertz CT molecular complexity index is 1250. The Kier molecular flexibility index (Phi) is 4.94. The minimum atomic E-state index is -0.271. The lowest BCUT2D eigenvalue weighted by Crippen LogP contribution is -2.39. The normalized spacial score (nSPS) is 16.6. The molecule has 7 heteroatoms. The SMILES string of the molecule is Cc1ccc(C(=O)N2CCC[C@H](c3nc4ccc(-c5cccc(F)c5)cn4n3)C2)nc1. The number of aromatic nitrogens is 4. The molecule has 1 fully saturated rings. The summed E-state index contributed by atoms with van der Waals surface area (Å²) in [5.41, 5.74) is 3.89. The average molecular weight is 415 g/mol. The number of halogens is 1. The second kappa shape index (κ2) is 7.91. The highest BCUT2D eigenvalue weighted by atomic mass is 19.1. The molecule has 5 rings (SSSR count). The predicted octanol–water partition coefficient (Wildman–Crippen LogP) is 4.26. The van der Waals surface area contributed by atoms with Crippen molar-refractivity contribution in [2.45, 2.75) is 25.7 Å². The van der Waals surface area contributed by atoms with Gasteiger partial charge >= 0.3 is 0 Å². The number of aryl methyl sites for hydroxylation is 1. The molecule has 0 radical (unpaired) electrons.